The summed E-state index contributed by atoms with van der Waals surface area (Å²) >= 11 is 0. The molecule has 0 aliphatic rings. The second kappa shape index (κ2) is 12.8. The van der Waals surface area contributed by atoms with E-state index in [0.717, 1.165) is 7.11 Å². The lowest BCUT2D eigenvalue weighted by Gasteiger charge is -2.18. The van der Waals surface area contributed by atoms with Crippen LogP contribution < -0.4 is 0 Å². The molecule has 2 unspecified atom stereocenters. The maximum absolute atomic E-state index is 14.0. The van der Waals surface area contributed by atoms with E-state index in [1.54, 1.807) is 13.8 Å². The van der Waals surface area contributed by atoms with Crippen LogP contribution >= 0.6 is 0 Å². The molecule has 0 aromatic rings. The van der Waals surface area contributed by atoms with Crippen LogP contribution in [0.3, 0.4) is 0 Å². The van der Waals surface area contributed by atoms with Crippen LogP contribution in [0.2, 0.25) is 0 Å². The van der Waals surface area contributed by atoms with E-state index < -0.39 is 46.7 Å². The van der Waals surface area contributed by atoms with Gasteiger partial charge in [0.25, 0.3) is 0 Å². The summed E-state index contributed by atoms with van der Waals surface area (Å²) in [5, 5.41) is 8.87. The molecule has 0 aliphatic heterocycles. The first kappa shape index (κ1) is 26.7. The summed E-state index contributed by atoms with van der Waals surface area (Å²) < 4.78 is 59.3. The van der Waals surface area contributed by atoms with Crippen molar-refractivity contribution in [3.8, 4) is 0 Å². The molecule has 0 rings (SSSR count). The third kappa shape index (κ3) is 8.15. The number of halogens is 4. The van der Waals surface area contributed by atoms with Gasteiger partial charge in [0.15, 0.2) is 23.3 Å². The molecule has 1 N–H and O–H groups in total. The molecule has 0 aromatic heterocycles. The number of allylic oxidation sites excluding steroid dienone is 6. The molecule has 0 saturated heterocycles. The maximum atomic E-state index is 14.0. The summed E-state index contributed by atoms with van der Waals surface area (Å²) in [6.45, 7) is 22.3. The maximum Gasteiger partial charge on any atom is 0.200 e. The first-order chi connectivity index (χ1) is 12.4. The van der Waals surface area contributed by atoms with Crippen molar-refractivity contribution >= 4 is 0 Å². The number of ether oxygens (including phenoxy) is 1. The fourth-order valence-corrected chi connectivity index (χ4v) is 1.90. The van der Waals surface area contributed by atoms with Gasteiger partial charge in [-0.1, -0.05) is 40.2 Å². The number of aliphatic hydroxyl groups is 1. The zero-order valence-electron chi connectivity index (χ0n) is 16.2. The van der Waals surface area contributed by atoms with Crippen molar-refractivity contribution in [3.05, 3.63) is 85.4 Å². The zero-order valence-corrected chi connectivity index (χ0v) is 16.2. The molecule has 0 spiro atoms. The highest BCUT2D eigenvalue weighted by molar-refractivity contribution is 5.34. The highest BCUT2D eigenvalue weighted by Gasteiger charge is 2.21. The van der Waals surface area contributed by atoms with E-state index in [-0.39, 0.29) is 11.1 Å². The largest absolute Gasteiger partial charge is 0.505 e. The minimum atomic E-state index is -1.47. The molecule has 27 heavy (non-hydrogen) atoms. The van der Waals surface area contributed by atoms with Gasteiger partial charge in [0.2, 0.25) is 0 Å². The molecule has 0 saturated carbocycles. The van der Waals surface area contributed by atoms with Crippen LogP contribution in [0, 0.1) is 11.8 Å². The lowest BCUT2D eigenvalue weighted by molar-refractivity contribution is 0.280. The normalized spacial score (nSPS) is 14.5. The number of hydrogen-bond donors (Lipinski definition) is 1. The smallest absolute Gasteiger partial charge is 0.200 e. The zero-order chi connectivity index (χ0) is 21.9. The molecule has 0 heterocycles. The highest BCUT2D eigenvalue weighted by atomic mass is 19.2. The quantitative estimate of drug-likeness (QED) is 0.182. The van der Waals surface area contributed by atoms with Gasteiger partial charge < -0.3 is 9.84 Å². The second-order valence-electron chi connectivity index (χ2n) is 5.76. The standard InChI is InChI=1S/C19H24F4O2.C2H4/c1-10(12(3)16(20)18(22)14(5)24)8-9-11(2)13(4)17(21)19(23)15(6)25-7;1-2/h10-11,24H,3-6,8-9H2,1-2,7H3;1-2H2/b18-16-,19-17-;. The Labute approximate surface area is 159 Å². The SMILES string of the molecule is C=C.C=C(O)/C(F)=C(/F)C(=C)C(C)CCC(C)C(=C)/C(F)=C(/F)C(=C)OC. The van der Waals surface area contributed by atoms with Gasteiger partial charge in [-0.2, -0.15) is 8.78 Å². The van der Waals surface area contributed by atoms with E-state index in [2.05, 4.69) is 44.2 Å². The van der Waals surface area contributed by atoms with Crippen molar-refractivity contribution in [2.75, 3.05) is 7.11 Å². The first-order valence-electron chi connectivity index (χ1n) is 8.05. The molecule has 0 aromatic carbocycles. The van der Waals surface area contributed by atoms with Gasteiger partial charge in [-0.05, 0) is 35.8 Å². The summed E-state index contributed by atoms with van der Waals surface area (Å²) in [6, 6.07) is 0. The second-order valence-corrected chi connectivity index (χ2v) is 5.76. The minimum Gasteiger partial charge on any atom is -0.505 e. The van der Waals surface area contributed by atoms with Crippen LogP contribution in [0.4, 0.5) is 17.6 Å². The summed E-state index contributed by atoms with van der Waals surface area (Å²) in [4.78, 5) is 0. The molecule has 0 bridgehead atoms. The van der Waals surface area contributed by atoms with Crippen molar-refractivity contribution in [1.29, 1.82) is 0 Å². The lowest BCUT2D eigenvalue weighted by atomic mass is 9.88. The molecule has 152 valence electrons. The van der Waals surface area contributed by atoms with Gasteiger partial charge in [-0.25, -0.2) is 8.78 Å². The fourth-order valence-electron chi connectivity index (χ4n) is 1.90. The van der Waals surface area contributed by atoms with E-state index in [1.165, 1.54) is 0 Å². The monoisotopic (exact) mass is 388 g/mol. The predicted octanol–water partition coefficient (Wildman–Crippen LogP) is 7.49. The molecule has 6 heteroatoms. The Hall–Kier alpha value is -2.50. The van der Waals surface area contributed by atoms with Crippen LogP contribution in [-0.4, -0.2) is 12.2 Å². The van der Waals surface area contributed by atoms with E-state index in [1.807, 2.05) is 0 Å². The molecule has 0 amide bonds. The molecular weight excluding hydrogens is 360 g/mol. The van der Waals surface area contributed by atoms with Crippen LogP contribution in [0.15, 0.2) is 85.4 Å². The predicted molar refractivity (Wildman–Crippen MR) is 103 cm³/mol. The van der Waals surface area contributed by atoms with Crippen LogP contribution in [0.25, 0.3) is 0 Å². The number of rotatable bonds is 10. The van der Waals surface area contributed by atoms with E-state index in [0.29, 0.717) is 12.8 Å². The molecule has 0 aliphatic carbocycles. The average Bonchev–Trinajstić information content (AvgIpc) is 2.68. The van der Waals surface area contributed by atoms with Crippen LogP contribution in [0.5, 0.6) is 0 Å². The van der Waals surface area contributed by atoms with E-state index in [4.69, 9.17) is 5.11 Å². The highest BCUT2D eigenvalue weighted by Crippen LogP contribution is 2.33. The van der Waals surface area contributed by atoms with Gasteiger partial charge in [-0.15, -0.1) is 13.2 Å². The van der Waals surface area contributed by atoms with Gasteiger partial charge >= 0.3 is 0 Å². The van der Waals surface area contributed by atoms with Gasteiger partial charge in [-0.3, -0.25) is 0 Å². The Morgan fingerprint density at radius 2 is 1.11 bits per heavy atom. The average molecular weight is 388 g/mol. The van der Waals surface area contributed by atoms with Gasteiger partial charge in [0, 0.05) is 0 Å². The van der Waals surface area contributed by atoms with Crippen molar-refractivity contribution in [3.63, 3.8) is 0 Å². The summed E-state index contributed by atoms with van der Waals surface area (Å²) in [5.74, 6) is -7.55. The van der Waals surface area contributed by atoms with Gasteiger partial charge in [0.1, 0.15) is 11.5 Å². The van der Waals surface area contributed by atoms with Gasteiger partial charge in [0.05, 0.1) is 7.11 Å². The summed E-state index contributed by atoms with van der Waals surface area (Å²) in [6.07, 6.45) is 0.645. The summed E-state index contributed by atoms with van der Waals surface area (Å²) in [5.41, 5.74) is -0.236. The Morgan fingerprint density at radius 1 is 0.778 bits per heavy atom. The first-order valence-corrected chi connectivity index (χ1v) is 8.05. The molecular formula is C21H28F4O2. The van der Waals surface area contributed by atoms with Crippen molar-refractivity contribution in [2.45, 2.75) is 26.7 Å². The third-order valence-corrected chi connectivity index (χ3v) is 3.92. The molecule has 0 fully saturated rings. The fraction of sp³-hybridized carbons (Fsp3) is 0.333. The minimum absolute atomic E-state index is 0.0838. The summed E-state index contributed by atoms with van der Waals surface area (Å²) in [7, 11) is 1.16. The van der Waals surface area contributed by atoms with E-state index in [9.17, 15) is 17.6 Å². The van der Waals surface area contributed by atoms with Crippen molar-refractivity contribution < 1.29 is 27.4 Å². The molecule has 2 nitrogen and oxygen atoms in total. The number of aliphatic hydroxyl groups excluding tert-OH is 1. The molecule has 0 radical (unpaired) electrons. The lowest BCUT2D eigenvalue weighted by Crippen LogP contribution is -2.07. The number of methoxy groups -OCH3 is 1. The Bertz CT molecular complexity index is 645. The topological polar surface area (TPSA) is 29.5 Å². The molecule has 2 atom stereocenters. The Kier molecular flexibility index (Phi) is 12.7. The van der Waals surface area contributed by atoms with Crippen LogP contribution in [-0.2, 0) is 4.74 Å². The van der Waals surface area contributed by atoms with Crippen LogP contribution in [0.1, 0.15) is 26.7 Å². The van der Waals surface area contributed by atoms with Crippen molar-refractivity contribution in [2.24, 2.45) is 11.8 Å². The Morgan fingerprint density at radius 3 is 1.41 bits per heavy atom. The van der Waals surface area contributed by atoms with E-state index >= 15 is 0 Å². The Balaban J connectivity index is 0. The van der Waals surface area contributed by atoms with Crippen molar-refractivity contribution in [1.82, 2.24) is 0 Å². The number of hydrogen-bond acceptors (Lipinski definition) is 2. The third-order valence-electron chi connectivity index (χ3n) is 3.92.